The molecule has 1 aliphatic heterocycles. The van der Waals surface area contributed by atoms with Crippen molar-refractivity contribution in [3.05, 3.63) is 29.5 Å². The minimum Gasteiger partial charge on any atom is -0.362 e. The van der Waals surface area contributed by atoms with Gasteiger partial charge in [-0.15, -0.1) is 0 Å². The highest BCUT2D eigenvalue weighted by Crippen LogP contribution is 2.29. The van der Waals surface area contributed by atoms with Gasteiger partial charge < -0.3 is 9.17 Å². The van der Waals surface area contributed by atoms with Crippen LogP contribution >= 0.6 is 0 Å². The van der Waals surface area contributed by atoms with Gasteiger partial charge in [-0.25, -0.2) is 0 Å². The first-order chi connectivity index (χ1) is 8.94. The van der Waals surface area contributed by atoms with Gasteiger partial charge in [-0.05, 0) is 31.0 Å². The van der Waals surface area contributed by atoms with Gasteiger partial charge in [0.15, 0.2) is 0 Å². The number of hydrogen-bond acceptors (Lipinski definition) is 4. The molecule has 0 amide bonds. The molecule has 1 aliphatic rings. The molecule has 0 aliphatic carbocycles. The number of aliphatic imine (C=N–C) groups is 1. The lowest BCUT2D eigenvalue weighted by Crippen LogP contribution is -2.08. The fraction of sp³-hybridized carbons (Fsp3) is 0.250. The van der Waals surface area contributed by atoms with E-state index in [1.54, 1.807) is 12.1 Å². The van der Waals surface area contributed by atoms with E-state index in [0.29, 0.717) is 0 Å². The van der Waals surface area contributed by atoms with Crippen molar-refractivity contribution in [1.82, 2.24) is 4.98 Å². The van der Waals surface area contributed by atoms with Crippen molar-refractivity contribution in [2.75, 3.05) is 6.54 Å². The van der Waals surface area contributed by atoms with Gasteiger partial charge in [0.25, 0.3) is 0 Å². The van der Waals surface area contributed by atoms with Crippen LogP contribution in [0.5, 0.6) is 5.75 Å². The molecule has 0 unspecified atom stereocenters. The Balaban J connectivity index is 2.13. The fourth-order valence-corrected chi connectivity index (χ4v) is 2.74. The first-order valence-corrected chi connectivity index (χ1v) is 7.13. The normalized spacial score (nSPS) is 15.2. The fourth-order valence-electron chi connectivity index (χ4n) is 2.39. The number of hydrogen-bond donors (Lipinski definition) is 2. The highest BCUT2D eigenvalue weighted by molar-refractivity contribution is 7.81. The molecule has 0 atom stereocenters. The SMILES string of the molecule is CC1=NCCc2c1[nH]c1cc(OS(=O)(=O)O)ccc21. The molecule has 3 rings (SSSR count). The van der Waals surface area contributed by atoms with Gasteiger partial charge in [0.05, 0.1) is 11.4 Å². The van der Waals surface area contributed by atoms with Crippen molar-refractivity contribution in [3.63, 3.8) is 0 Å². The lowest BCUT2D eigenvalue weighted by molar-refractivity contribution is 0.387. The van der Waals surface area contributed by atoms with Crippen LogP contribution in [0.25, 0.3) is 10.9 Å². The molecule has 2 N–H and O–H groups in total. The van der Waals surface area contributed by atoms with Crippen LogP contribution in [0.2, 0.25) is 0 Å². The summed E-state index contributed by atoms with van der Waals surface area (Å²) in [4.78, 5) is 7.57. The minimum atomic E-state index is -4.50. The number of rotatable bonds is 2. The van der Waals surface area contributed by atoms with Gasteiger partial charge in [0.1, 0.15) is 5.75 Å². The molecule has 1 aromatic heterocycles. The molecule has 2 heterocycles. The van der Waals surface area contributed by atoms with Crippen LogP contribution in [0.15, 0.2) is 23.2 Å². The van der Waals surface area contributed by atoms with Gasteiger partial charge in [-0.1, -0.05) is 0 Å². The summed E-state index contributed by atoms with van der Waals surface area (Å²) in [5.41, 5.74) is 3.86. The molecule has 0 fully saturated rings. The maximum Gasteiger partial charge on any atom is 0.446 e. The predicted molar refractivity (Wildman–Crippen MR) is 71.3 cm³/mol. The van der Waals surface area contributed by atoms with E-state index in [2.05, 4.69) is 14.2 Å². The van der Waals surface area contributed by atoms with Crippen molar-refractivity contribution < 1.29 is 17.2 Å². The Morgan fingerprint density at radius 1 is 1.42 bits per heavy atom. The lowest BCUT2D eigenvalue weighted by Gasteiger charge is -2.09. The minimum absolute atomic E-state index is 0.0724. The average molecular weight is 280 g/mol. The molecule has 0 saturated heterocycles. The van der Waals surface area contributed by atoms with Crippen molar-refractivity contribution in [2.45, 2.75) is 13.3 Å². The van der Waals surface area contributed by atoms with Crippen molar-refractivity contribution in [3.8, 4) is 5.75 Å². The average Bonchev–Trinajstić information content (AvgIpc) is 2.66. The number of benzene rings is 1. The molecule has 2 aromatic rings. The Bertz CT molecular complexity index is 789. The number of fused-ring (bicyclic) bond motifs is 3. The molecule has 7 heteroatoms. The largest absolute Gasteiger partial charge is 0.446 e. The molecule has 6 nitrogen and oxygen atoms in total. The molecule has 0 saturated carbocycles. The third-order valence-corrected chi connectivity index (χ3v) is 3.55. The molecule has 0 bridgehead atoms. The molecular weight excluding hydrogens is 268 g/mol. The molecule has 19 heavy (non-hydrogen) atoms. The van der Waals surface area contributed by atoms with E-state index in [9.17, 15) is 8.42 Å². The molecular formula is C12H12N2O4S. The summed E-state index contributed by atoms with van der Waals surface area (Å²) in [5, 5.41) is 1.02. The Hall–Kier alpha value is -1.86. The molecule has 0 radical (unpaired) electrons. The summed E-state index contributed by atoms with van der Waals surface area (Å²) in [7, 11) is -4.50. The van der Waals surface area contributed by atoms with Crippen LogP contribution in [0.4, 0.5) is 0 Å². The van der Waals surface area contributed by atoms with Crippen LogP contribution in [-0.4, -0.2) is 30.2 Å². The van der Waals surface area contributed by atoms with Crippen molar-refractivity contribution in [2.24, 2.45) is 4.99 Å². The van der Waals surface area contributed by atoms with E-state index >= 15 is 0 Å². The van der Waals surface area contributed by atoms with Gasteiger partial charge in [0.2, 0.25) is 0 Å². The Labute approximate surface area is 110 Å². The first kappa shape index (κ1) is 12.2. The molecule has 0 spiro atoms. The predicted octanol–water partition coefficient (Wildman–Crippen LogP) is 1.71. The topological polar surface area (TPSA) is 91.8 Å². The van der Waals surface area contributed by atoms with E-state index < -0.39 is 10.4 Å². The van der Waals surface area contributed by atoms with Gasteiger partial charge in [-0.3, -0.25) is 9.55 Å². The monoisotopic (exact) mass is 280 g/mol. The first-order valence-electron chi connectivity index (χ1n) is 5.77. The zero-order valence-electron chi connectivity index (χ0n) is 10.2. The maximum atomic E-state index is 10.7. The van der Waals surface area contributed by atoms with Crippen molar-refractivity contribution in [1.29, 1.82) is 0 Å². The Morgan fingerprint density at radius 2 is 2.21 bits per heavy atom. The Kier molecular flexibility index (Phi) is 2.61. The van der Waals surface area contributed by atoms with Gasteiger partial charge in [0, 0.05) is 23.5 Å². The number of H-pyrrole nitrogens is 1. The van der Waals surface area contributed by atoms with Gasteiger partial charge >= 0.3 is 10.4 Å². The van der Waals surface area contributed by atoms with E-state index in [0.717, 1.165) is 35.3 Å². The zero-order chi connectivity index (χ0) is 13.6. The van der Waals surface area contributed by atoms with E-state index in [1.165, 1.54) is 11.6 Å². The zero-order valence-corrected chi connectivity index (χ0v) is 11.0. The second kappa shape index (κ2) is 4.07. The number of nitrogens with zero attached hydrogens (tertiary/aromatic N) is 1. The Morgan fingerprint density at radius 3 is 2.95 bits per heavy atom. The third kappa shape index (κ3) is 2.22. The van der Waals surface area contributed by atoms with Crippen LogP contribution in [0.1, 0.15) is 18.2 Å². The van der Waals surface area contributed by atoms with E-state index in [-0.39, 0.29) is 5.75 Å². The number of nitrogens with one attached hydrogen (secondary N) is 1. The van der Waals surface area contributed by atoms with Crippen LogP contribution in [-0.2, 0) is 16.8 Å². The second-order valence-electron chi connectivity index (χ2n) is 4.41. The van der Waals surface area contributed by atoms with Gasteiger partial charge in [-0.2, -0.15) is 8.42 Å². The summed E-state index contributed by atoms with van der Waals surface area (Å²) in [6.45, 7) is 2.69. The third-order valence-electron chi connectivity index (χ3n) is 3.15. The summed E-state index contributed by atoms with van der Waals surface area (Å²) in [5.74, 6) is 0.0724. The van der Waals surface area contributed by atoms with Crippen molar-refractivity contribution >= 4 is 27.0 Å². The number of aromatic amines is 1. The molecule has 100 valence electrons. The van der Waals surface area contributed by atoms with E-state index in [1.807, 2.05) is 6.92 Å². The molecule has 1 aromatic carbocycles. The van der Waals surface area contributed by atoms with Crippen LogP contribution in [0.3, 0.4) is 0 Å². The number of aromatic nitrogens is 1. The van der Waals surface area contributed by atoms with E-state index in [4.69, 9.17) is 4.55 Å². The summed E-state index contributed by atoms with van der Waals surface area (Å²) in [6.07, 6.45) is 0.852. The maximum absolute atomic E-state index is 10.7. The highest BCUT2D eigenvalue weighted by atomic mass is 32.3. The summed E-state index contributed by atoms with van der Waals surface area (Å²) < 4.78 is 34.5. The quantitative estimate of drug-likeness (QED) is 0.819. The lowest BCUT2D eigenvalue weighted by atomic mass is 10.0. The van der Waals surface area contributed by atoms with Crippen LogP contribution in [0, 0.1) is 0 Å². The summed E-state index contributed by atoms with van der Waals surface area (Å²) in [6, 6.07) is 4.85. The van der Waals surface area contributed by atoms with Crippen LogP contribution < -0.4 is 4.18 Å². The summed E-state index contributed by atoms with van der Waals surface area (Å²) >= 11 is 0. The second-order valence-corrected chi connectivity index (χ2v) is 5.44. The highest BCUT2D eigenvalue weighted by Gasteiger charge is 2.17. The standard InChI is InChI=1S/C12H12N2O4S/c1-7-12-10(4-5-13-7)9-3-2-8(6-11(9)14-12)18-19(15,16)17/h2-3,6,14H,4-5H2,1H3,(H,15,16,17). The smallest absolute Gasteiger partial charge is 0.362 e.